The summed E-state index contributed by atoms with van der Waals surface area (Å²) in [6.07, 6.45) is 2.02. The molecule has 5 heteroatoms. The standard InChI is InChI=1S/C20H31NO4/c1-6-9-17-10-12-18(13-11-17)19(22)25-16(5)14-15(4)21(7-2)20(23)24-8-3/h10-13,15-16H,6-9,14H2,1-5H3. The number of ether oxygens (including phenoxy) is 2. The molecule has 0 aliphatic rings. The van der Waals surface area contributed by atoms with Crippen LogP contribution >= 0.6 is 0 Å². The lowest BCUT2D eigenvalue weighted by molar-refractivity contribution is 0.0253. The second kappa shape index (κ2) is 10.7. The number of benzene rings is 1. The maximum absolute atomic E-state index is 12.3. The zero-order valence-electron chi connectivity index (χ0n) is 16.1. The van der Waals surface area contributed by atoms with Crippen molar-refractivity contribution in [2.45, 2.75) is 66.0 Å². The summed E-state index contributed by atoms with van der Waals surface area (Å²) < 4.78 is 10.6. The van der Waals surface area contributed by atoms with Gasteiger partial charge in [-0.05, 0) is 51.8 Å². The van der Waals surface area contributed by atoms with Gasteiger partial charge in [0.15, 0.2) is 0 Å². The van der Waals surface area contributed by atoms with Gasteiger partial charge in [0.05, 0.1) is 12.2 Å². The minimum Gasteiger partial charge on any atom is -0.459 e. The van der Waals surface area contributed by atoms with Gasteiger partial charge in [0.1, 0.15) is 6.10 Å². The molecule has 0 aliphatic carbocycles. The second-order valence-corrected chi connectivity index (χ2v) is 6.23. The van der Waals surface area contributed by atoms with Gasteiger partial charge >= 0.3 is 12.1 Å². The van der Waals surface area contributed by atoms with E-state index in [9.17, 15) is 9.59 Å². The number of carbonyl (C=O) groups excluding carboxylic acids is 2. The Morgan fingerprint density at radius 2 is 1.72 bits per heavy atom. The van der Waals surface area contributed by atoms with Gasteiger partial charge in [0, 0.05) is 19.0 Å². The molecule has 0 spiro atoms. The molecule has 2 atom stereocenters. The molecule has 0 aromatic heterocycles. The first kappa shape index (κ1) is 21.0. The molecule has 1 aromatic rings. The minimum atomic E-state index is -0.332. The molecular formula is C20H31NO4. The highest BCUT2D eigenvalue weighted by atomic mass is 16.6. The van der Waals surface area contributed by atoms with E-state index in [2.05, 4.69) is 6.92 Å². The normalized spacial score (nSPS) is 13.0. The Bertz CT molecular complexity index is 541. The van der Waals surface area contributed by atoms with Crippen LogP contribution in [-0.4, -0.2) is 42.3 Å². The monoisotopic (exact) mass is 349 g/mol. The largest absolute Gasteiger partial charge is 0.459 e. The van der Waals surface area contributed by atoms with Crippen LogP contribution in [0.1, 0.15) is 63.4 Å². The van der Waals surface area contributed by atoms with Gasteiger partial charge in [-0.25, -0.2) is 9.59 Å². The summed E-state index contributed by atoms with van der Waals surface area (Å²) in [4.78, 5) is 25.8. The van der Waals surface area contributed by atoms with Crippen molar-refractivity contribution < 1.29 is 19.1 Å². The van der Waals surface area contributed by atoms with Crippen LogP contribution in [-0.2, 0) is 15.9 Å². The Morgan fingerprint density at radius 3 is 2.24 bits per heavy atom. The Kier molecular flexibility index (Phi) is 9.03. The Labute approximate surface area is 151 Å². The molecule has 0 bridgehead atoms. The first-order valence-electron chi connectivity index (χ1n) is 9.16. The summed E-state index contributed by atoms with van der Waals surface area (Å²) in [6, 6.07) is 7.47. The third kappa shape index (κ3) is 6.77. The van der Waals surface area contributed by atoms with Crippen molar-refractivity contribution in [2.75, 3.05) is 13.2 Å². The minimum absolute atomic E-state index is 0.0706. The molecule has 0 heterocycles. The van der Waals surface area contributed by atoms with Gasteiger partial charge in [0.2, 0.25) is 0 Å². The number of rotatable bonds is 9. The molecule has 0 N–H and O–H groups in total. The molecule has 1 aromatic carbocycles. The fourth-order valence-electron chi connectivity index (χ4n) is 2.83. The SMILES string of the molecule is CCCc1ccc(C(=O)OC(C)CC(C)N(CC)C(=O)OCC)cc1. The number of esters is 1. The van der Waals surface area contributed by atoms with E-state index < -0.39 is 0 Å². The molecule has 0 saturated carbocycles. The van der Waals surface area contributed by atoms with Crippen LogP contribution in [0.25, 0.3) is 0 Å². The summed E-state index contributed by atoms with van der Waals surface area (Å²) >= 11 is 0. The highest BCUT2D eigenvalue weighted by Crippen LogP contribution is 2.14. The number of hydrogen-bond acceptors (Lipinski definition) is 4. The van der Waals surface area contributed by atoms with Gasteiger partial charge in [-0.1, -0.05) is 25.5 Å². The maximum atomic E-state index is 12.3. The van der Waals surface area contributed by atoms with E-state index in [-0.39, 0.29) is 24.2 Å². The predicted octanol–water partition coefficient (Wildman–Crippen LogP) is 4.44. The Balaban J connectivity index is 2.57. The van der Waals surface area contributed by atoms with E-state index in [4.69, 9.17) is 9.47 Å². The highest BCUT2D eigenvalue weighted by molar-refractivity contribution is 5.89. The van der Waals surface area contributed by atoms with Crippen LogP contribution in [0.15, 0.2) is 24.3 Å². The molecule has 1 rings (SSSR count). The van der Waals surface area contributed by atoms with Crippen LogP contribution in [0, 0.1) is 0 Å². The summed E-state index contributed by atoms with van der Waals surface area (Å²) in [5.74, 6) is -0.332. The first-order valence-corrected chi connectivity index (χ1v) is 9.16. The second-order valence-electron chi connectivity index (χ2n) is 6.23. The molecule has 25 heavy (non-hydrogen) atoms. The summed E-state index contributed by atoms with van der Waals surface area (Å²) in [7, 11) is 0. The molecule has 0 saturated heterocycles. The lowest BCUT2D eigenvalue weighted by Crippen LogP contribution is -2.40. The number of hydrogen-bond donors (Lipinski definition) is 0. The molecule has 5 nitrogen and oxygen atoms in total. The van der Waals surface area contributed by atoms with Crippen molar-refractivity contribution in [3.8, 4) is 0 Å². The van der Waals surface area contributed by atoms with E-state index in [0.29, 0.717) is 25.1 Å². The third-order valence-corrected chi connectivity index (χ3v) is 4.08. The van der Waals surface area contributed by atoms with Crippen LogP contribution in [0.2, 0.25) is 0 Å². The van der Waals surface area contributed by atoms with Gasteiger partial charge < -0.3 is 14.4 Å². The topological polar surface area (TPSA) is 55.8 Å². The Morgan fingerprint density at radius 1 is 1.08 bits per heavy atom. The lowest BCUT2D eigenvalue weighted by atomic mass is 10.1. The molecule has 2 unspecified atom stereocenters. The average molecular weight is 349 g/mol. The molecule has 0 radical (unpaired) electrons. The summed E-state index contributed by atoms with van der Waals surface area (Å²) in [5.41, 5.74) is 1.77. The van der Waals surface area contributed by atoms with Crippen molar-refractivity contribution in [3.05, 3.63) is 35.4 Å². The predicted molar refractivity (Wildman–Crippen MR) is 98.8 cm³/mol. The van der Waals surface area contributed by atoms with Gasteiger partial charge in [-0.2, -0.15) is 0 Å². The van der Waals surface area contributed by atoms with Crippen molar-refractivity contribution >= 4 is 12.1 Å². The van der Waals surface area contributed by atoms with Crippen LogP contribution in [0.5, 0.6) is 0 Å². The van der Waals surface area contributed by atoms with E-state index in [1.165, 1.54) is 5.56 Å². The van der Waals surface area contributed by atoms with Crippen LogP contribution in [0.4, 0.5) is 4.79 Å². The van der Waals surface area contributed by atoms with Gasteiger partial charge in [0.25, 0.3) is 0 Å². The molecule has 0 fully saturated rings. The molecule has 0 aliphatic heterocycles. The zero-order chi connectivity index (χ0) is 18.8. The van der Waals surface area contributed by atoms with E-state index in [1.807, 2.05) is 32.9 Å². The van der Waals surface area contributed by atoms with Crippen molar-refractivity contribution in [2.24, 2.45) is 0 Å². The van der Waals surface area contributed by atoms with Crippen LogP contribution in [0.3, 0.4) is 0 Å². The first-order chi connectivity index (χ1) is 11.9. The average Bonchev–Trinajstić information content (AvgIpc) is 2.56. The van der Waals surface area contributed by atoms with Crippen molar-refractivity contribution in [3.63, 3.8) is 0 Å². The third-order valence-electron chi connectivity index (χ3n) is 4.08. The van der Waals surface area contributed by atoms with Crippen LogP contribution < -0.4 is 0 Å². The summed E-state index contributed by atoms with van der Waals surface area (Å²) in [5, 5.41) is 0. The molecule has 1 amide bonds. The van der Waals surface area contributed by atoms with Crippen molar-refractivity contribution in [1.29, 1.82) is 0 Å². The van der Waals surface area contributed by atoms with Gasteiger partial charge in [-0.15, -0.1) is 0 Å². The highest BCUT2D eigenvalue weighted by Gasteiger charge is 2.23. The number of amides is 1. The summed E-state index contributed by atoms with van der Waals surface area (Å²) in [6.45, 7) is 10.5. The molecule has 140 valence electrons. The van der Waals surface area contributed by atoms with E-state index in [1.54, 1.807) is 24.0 Å². The number of carbonyl (C=O) groups is 2. The lowest BCUT2D eigenvalue weighted by Gasteiger charge is -2.28. The maximum Gasteiger partial charge on any atom is 0.409 e. The van der Waals surface area contributed by atoms with E-state index >= 15 is 0 Å². The zero-order valence-corrected chi connectivity index (χ0v) is 16.1. The van der Waals surface area contributed by atoms with Crippen molar-refractivity contribution in [1.82, 2.24) is 4.90 Å². The smallest absolute Gasteiger partial charge is 0.409 e. The molecular weight excluding hydrogens is 318 g/mol. The fraction of sp³-hybridized carbons (Fsp3) is 0.600. The quantitative estimate of drug-likeness (QED) is 0.618. The van der Waals surface area contributed by atoms with E-state index in [0.717, 1.165) is 12.8 Å². The fourth-order valence-corrected chi connectivity index (χ4v) is 2.83. The number of aryl methyl sites for hydroxylation is 1. The number of nitrogens with zero attached hydrogens (tertiary/aromatic N) is 1. The van der Waals surface area contributed by atoms with Gasteiger partial charge in [-0.3, -0.25) is 0 Å². The Hall–Kier alpha value is -2.04.